The van der Waals surface area contributed by atoms with Crippen molar-refractivity contribution >= 4 is 11.6 Å². The predicted molar refractivity (Wildman–Crippen MR) is 78.4 cm³/mol. The summed E-state index contributed by atoms with van der Waals surface area (Å²) >= 11 is 0. The van der Waals surface area contributed by atoms with Crippen LogP contribution < -0.4 is 5.32 Å². The van der Waals surface area contributed by atoms with Crippen molar-refractivity contribution in [1.82, 2.24) is 9.80 Å². The van der Waals surface area contributed by atoms with Crippen molar-refractivity contribution in [3.63, 3.8) is 0 Å². The number of carbonyl (C=O) groups excluding carboxylic acids is 1. The van der Waals surface area contributed by atoms with E-state index < -0.39 is 0 Å². The number of anilines is 1. The van der Waals surface area contributed by atoms with Crippen molar-refractivity contribution in [3.8, 4) is 0 Å². The van der Waals surface area contributed by atoms with Crippen LogP contribution in [0.3, 0.4) is 0 Å². The van der Waals surface area contributed by atoms with Gasteiger partial charge in [0.25, 0.3) is 0 Å². The Morgan fingerprint density at radius 1 is 1.26 bits per heavy atom. The molecular formula is C15H23N3O. The highest BCUT2D eigenvalue weighted by molar-refractivity contribution is 5.87. The van der Waals surface area contributed by atoms with Gasteiger partial charge >= 0.3 is 0 Å². The van der Waals surface area contributed by atoms with Crippen molar-refractivity contribution in [3.05, 3.63) is 29.8 Å². The summed E-state index contributed by atoms with van der Waals surface area (Å²) in [5.41, 5.74) is 2.34. The Hall–Kier alpha value is -1.55. The average Bonchev–Trinajstić information content (AvgIpc) is 2.80. The summed E-state index contributed by atoms with van der Waals surface area (Å²) in [7, 11) is 6.00. The van der Waals surface area contributed by atoms with Crippen LogP contribution in [0.1, 0.15) is 12.0 Å². The van der Waals surface area contributed by atoms with Gasteiger partial charge in [-0.15, -0.1) is 0 Å². The molecular weight excluding hydrogens is 238 g/mol. The van der Waals surface area contributed by atoms with Gasteiger partial charge in [0, 0.05) is 25.7 Å². The van der Waals surface area contributed by atoms with Crippen LogP contribution in [-0.2, 0) is 11.2 Å². The number of hydrogen-bond acceptors (Lipinski definition) is 3. The molecule has 4 heteroatoms. The second-order valence-corrected chi connectivity index (χ2v) is 5.47. The highest BCUT2D eigenvalue weighted by Crippen LogP contribution is 2.25. The lowest BCUT2D eigenvalue weighted by Gasteiger charge is -2.22. The van der Waals surface area contributed by atoms with E-state index in [0.717, 1.165) is 31.6 Å². The maximum absolute atomic E-state index is 12.3. The SMILES string of the molecule is CN(C)CCCN(C)C(=O)C1Cc2ccccc2N1. The predicted octanol–water partition coefficient (Wildman–Crippen LogP) is 1.43. The van der Waals surface area contributed by atoms with E-state index in [1.54, 1.807) is 0 Å². The van der Waals surface area contributed by atoms with Gasteiger partial charge in [0.2, 0.25) is 5.91 Å². The number of rotatable bonds is 5. The second-order valence-electron chi connectivity index (χ2n) is 5.47. The molecule has 0 fully saturated rings. The largest absolute Gasteiger partial charge is 0.373 e. The summed E-state index contributed by atoms with van der Waals surface area (Å²) in [5, 5.41) is 3.31. The molecule has 19 heavy (non-hydrogen) atoms. The molecule has 1 aliphatic rings. The zero-order valence-corrected chi connectivity index (χ0v) is 12.0. The summed E-state index contributed by atoms with van der Waals surface area (Å²) in [6.45, 7) is 1.82. The lowest BCUT2D eigenvalue weighted by Crippen LogP contribution is -2.40. The van der Waals surface area contributed by atoms with Crippen molar-refractivity contribution in [2.24, 2.45) is 0 Å². The Kier molecular flexibility index (Phi) is 4.43. The Bertz CT molecular complexity index is 420. The van der Waals surface area contributed by atoms with Crippen LogP contribution in [0.25, 0.3) is 0 Å². The zero-order valence-electron chi connectivity index (χ0n) is 12.0. The molecule has 1 amide bonds. The van der Waals surface area contributed by atoms with Gasteiger partial charge in [-0.1, -0.05) is 18.2 Å². The van der Waals surface area contributed by atoms with E-state index in [2.05, 4.69) is 30.4 Å². The van der Waals surface area contributed by atoms with Gasteiger partial charge in [-0.2, -0.15) is 0 Å². The number of para-hydroxylation sites is 1. The molecule has 0 saturated heterocycles. The number of nitrogens with one attached hydrogen (secondary N) is 1. The lowest BCUT2D eigenvalue weighted by molar-refractivity contribution is -0.130. The molecule has 2 rings (SSSR count). The molecule has 0 spiro atoms. The number of carbonyl (C=O) groups is 1. The molecule has 1 aliphatic heterocycles. The average molecular weight is 261 g/mol. The number of benzene rings is 1. The highest BCUT2D eigenvalue weighted by Gasteiger charge is 2.28. The number of nitrogens with zero attached hydrogens (tertiary/aromatic N) is 2. The van der Waals surface area contributed by atoms with Crippen molar-refractivity contribution < 1.29 is 4.79 Å². The first kappa shape index (κ1) is 13.9. The summed E-state index contributed by atoms with van der Waals surface area (Å²) < 4.78 is 0. The summed E-state index contributed by atoms with van der Waals surface area (Å²) in [5.74, 6) is 0.190. The van der Waals surface area contributed by atoms with E-state index in [1.165, 1.54) is 5.56 Å². The molecule has 4 nitrogen and oxygen atoms in total. The van der Waals surface area contributed by atoms with Crippen LogP contribution in [0.2, 0.25) is 0 Å². The van der Waals surface area contributed by atoms with E-state index in [-0.39, 0.29) is 11.9 Å². The molecule has 0 aromatic heterocycles. The molecule has 1 aromatic rings. The molecule has 0 radical (unpaired) electrons. The lowest BCUT2D eigenvalue weighted by atomic mass is 10.1. The number of fused-ring (bicyclic) bond motifs is 1. The summed E-state index contributed by atoms with van der Waals surface area (Å²) in [6, 6.07) is 8.05. The van der Waals surface area contributed by atoms with Crippen molar-refractivity contribution in [1.29, 1.82) is 0 Å². The van der Waals surface area contributed by atoms with E-state index in [0.29, 0.717) is 0 Å². The van der Waals surface area contributed by atoms with Gasteiger partial charge in [-0.3, -0.25) is 4.79 Å². The molecule has 1 aromatic carbocycles. The van der Waals surface area contributed by atoms with E-state index in [4.69, 9.17) is 0 Å². The minimum atomic E-state index is -0.0956. The molecule has 104 valence electrons. The van der Waals surface area contributed by atoms with Gasteiger partial charge < -0.3 is 15.1 Å². The molecule has 1 N–H and O–H groups in total. The minimum absolute atomic E-state index is 0.0956. The van der Waals surface area contributed by atoms with Gasteiger partial charge in [-0.25, -0.2) is 0 Å². The third-order valence-electron chi connectivity index (χ3n) is 3.54. The van der Waals surface area contributed by atoms with Gasteiger partial charge in [0.05, 0.1) is 0 Å². The molecule has 0 aliphatic carbocycles. The Labute approximate surface area is 115 Å². The van der Waals surface area contributed by atoms with E-state index in [9.17, 15) is 4.79 Å². The van der Waals surface area contributed by atoms with E-state index >= 15 is 0 Å². The topological polar surface area (TPSA) is 35.6 Å². The standard InChI is InChI=1S/C15H23N3O/c1-17(2)9-6-10-18(3)15(19)14-11-12-7-4-5-8-13(12)16-14/h4-5,7-8,14,16H,6,9-11H2,1-3H3. The van der Waals surface area contributed by atoms with Crippen molar-refractivity contribution in [2.45, 2.75) is 18.9 Å². The number of likely N-dealkylation sites (N-methyl/N-ethyl adjacent to an activating group) is 1. The molecule has 1 unspecified atom stereocenters. The zero-order chi connectivity index (χ0) is 13.8. The molecule has 0 bridgehead atoms. The normalized spacial score (nSPS) is 17.2. The number of hydrogen-bond donors (Lipinski definition) is 1. The fraction of sp³-hybridized carbons (Fsp3) is 0.533. The molecule has 1 atom stereocenters. The van der Waals surface area contributed by atoms with Crippen LogP contribution in [0, 0.1) is 0 Å². The van der Waals surface area contributed by atoms with Crippen LogP contribution in [0.15, 0.2) is 24.3 Å². The van der Waals surface area contributed by atoms with Crippen LogP contribution in [-0.4, -0.2) is 56.0 Å². The Morgan fingerprint density at radius 2 is 2.00 bits per heavy atom. The number of amides is 1. The van der Waals surface area contributed by atoms with Gasteiger partial charge in [0.1, 0.15) is 6.04 Å². The smallest absolute Gasteiger partial charge is 0.245 e. The van der Waals surface area contributed by atoms with Gasteiger partial charge in [0.15, 0.2) is 0 Å². The van der Waals surface area contributed by atoms with Crippen LogP contribution in [0.4, 0.5) is 5.69 Å². The van der Waals surface area contributed by atoms with Crippen molar-refractivity contribution in [2.75, 3.05) is 39.5 Å². The first-order valence-electron chi connectivity index (χ1n) is 6.82. The Morgan fingerprint density at radius 3 is 2.68 bits per heavy atom. The second kappa shape index (κ2) is 6.06. The summed E-state index contributed by atoms with van der Waals surface area (Å²) in [4.78, 5) is 16.3. The first-order chi connectivity index (χ1) is 9.08. The first-order valence-corrected chi connectivity index (χ1v) is 6.82. The van der Waals surface area contributed by atoms with Gasteiger partial charge in [-0.05, 0) is 38.7 Å². The molecule has 0 saturated carbocycles. The Balaban J connectivity index is 1.85. The van der Waals surface area contributed by atoms with Crippen LogP contribution >= 0.6 is 0 Å². The quantitative estimate of drug-likeness (QED) is 0.871. The minimum Gasteiger partial charge on any atom is -0.373 e. The van der Waals surface area contributed by atoms with E-state index in [1.807, 2.05) is 30.1 Å². The maximum atomic E-state index is 12.3. The maximum Gasteiger partial charge on any atom is 0.245 e. The third-order valence-corrected chi connectivity index (χ3v) is 3.54. The highest BCUT2D eigenvalue weighted by atomic mass is 16.2. The third kappa shape index (κ3) is 3.47. The van der Waals surface area contributed by atoms with Crippen LogP contribution in [0.5, 0.6) is 0 Å². The summed E-state index contributed by atoms with van der Waals surface area (Å²) in [6.07, 6.45) is 1.81. The monoisotopic (exact) mass is 261 g/mol. The fourth-order valence-corrected chi connectivity index (χ4v) is 2.45. The fourth-order valence-electron chi connectivity index (χ4n) is 2.45. The molecule has 1 heterocycles.